The standard InChI is InChI=1S/C16H20N4O3S/c1-11(2)20(3)24(22,23)14-7-4-12(5-8-14)16(21)19-13-6-9-15(17)18-10-13/h4-11H,1-3H3,(H2,17,18)(H,19,21). The number of hydrogen-bond donors (Lipinski definition) is 2. The van der Waals surface area contributed by atoms with Gasteiger partial charge >= 0.3 is 0 Å². The lowest BCUT2D eigenvalue weighted by Gasteiger charge is -2.21. The quantitative estimate of drug-likeness (QED) is 0.859. The van der Waals surface area contributed by atoms with Gasteiger partial charge < -0.3 is 11.1 Å². The highest BCUT2D eigenvalue weighted by molar-refractivity contribution is 7.89. The third-order valence-corrected chi connectivity index (χ3v) is 5.61. The second-order valence-corrected chi connectivity index (χ2v) is 7.56. The molecule has 128 valence electrons. The fourth-order valence-electron chi connectivity index (χ4n) is 1.90. The second kappa shape index (κ2) is 6.98. The Morgan fingerprint density at radius 2 is 1.79 bits per heavy atom. The van der Waals surface area contributed by atoms with Gasteiger partial charge in [0, 0.05) is 18.7 Å². The zero-order valence-corrected chi connectivity index (χ0v) is 14.5. The Hall–Kier alpha value is -2.45. The molecule has 0 atom stereocenters. The monoisotopic (exact) mass is 348 g/mol. The highest BCUT2D eigenvalue weighted by Crippen LogP contribution is 2.18. The van der Waals surface area contributed by atoms with Crippen LogP contribution in [0.15, 0.2) is 47.5 Å². The molecule has 0 unspecified atom stereocenters. The third-order valence-electron chi connectivity index (χ3n) is 3.56. The third kappa shape index (κ3) is 3.90. The number of benzene rings is 1. The molecule has 0 aliphatic carbocycles. The van der Waals surface area contributed by atoms with Gasteiger partial charge in [-0.1, -0.05) is 0 Å². The Bertz CT molecular complexity index is 815. The minimum absolute atomic E-state index is 0.143. The van der Waals surface area contributed by atoms with Crippen LogP contribution in [0.1, 0.15) is 24.2 Å². The van der Waals surface area contributed by atoms with Crippen molar-refractivity contribution in [1.82, 2.24) is 9.29 Å². The highest BCUT2D eigenvalue weighted by Gasteiger charge is 2.23. The number of aromatic nitrogens is 1. The molecule has 7 nitrogen and oxygen atoms in total. The molecule has 0 saturated carbocycles. The van der Waals surface area contributed by atoms with E-state index in [1.807, 2.05) is 0 Å². The Balaban J connectivity index is 2.17. The number of carbonyl (C=O) groups excluding carboxylic acids is 1. The number of rotatable bonds is 5. The molecule has 24 heavy (non-hydrogen) atoms. The summed E-state index contributed by atoms with van der Waals surface area (Å²) in [5.74, 6) is -0.000403. The van der Waals surface area contributed by atoms with Crippen LogP contribution in [0.2, 0.25) is 0 Å². The summed E-state index contributed by atoms with van der Waals surface area (Å²) < 4.78 is 26.0. The molecule has 1 heterocycles. The van der Waals surface area contributed by atoms with Crippen molar-refractivity contribution in [3.8, 4) is 0 Å². The number of nitrogens with two attached hydrogens (primary N) is 1. The van der Waals surface area contributed by atoms with E-state index in [1.54, 1.807) is 26.0 Å². The Kier molecular flexibility index (Phi) is 5.20. The topological polar surface area (TPSA) is 105 Å². The zero-order chi connectivity index (χ0) is 17.9. The van der Waals surface area contributed by atoms with Crippen molar-refractivity contribution in [2.45, 2.75) is 24.8 Å². The van der Waals surface area contributed by atoms with Crippen LogP contribution in [-0.4, -0.2) is 36.7 Å². The van der Waals surface area contributed by atoms with Gasteiger partial charge in [-0.3, -0.25) is 4.79 Å². The molecule has 2 rings (SSSR count). The van der Waals surface area contributed by atoms with Gasteiger partial charge in [0.05, 0.1) is 16.8 Å². The Morgan fingerprint density at radius 3 is 2.29 bits per heavy atom. The highest BCUT2D eigenvalue weighted by atomic mass is 32.2. The summed E-state index contributed by atoms with van der Waals surface area (Å²) in [6.07, 6.45) is 1.45. The molecule has 0 bridgehead atoms. The lowest BCUT2D eigenvalue weighted by Crippen LogP contribution is -2.33. The maximum Gasteiger partial charge on any atom is 0.255 e. The van der Waals surface area contributed by atoms with E-state index in [0.29, 0.717) is 17.1 Å². The molecule has 3 N–H and O–H groups in total. The molecule has 0 fully saturated rings. The largest absolute Gasteiger partial charge is 0.384 e. The Labute approximate surface area is 141 Å². The predicted octanol–water partition coefficient (Wildman–Crippen LogP) is 1.95. The number of sulfonamides is 1. The van der Waals surface area contributed by atoms with Crippen LogP contribution in [0.3, 0.4) is 0 Å². The molecule has 0 saturated heterocycles. The first-order valence-corrected chi connectivity index (χ1v) is 8.77. The normalized spacial score (nSPS) is 11.7. The van der Waals surface area contributed by atoms with E-state index < -0.39 is 10.0 Å². The van der Waals surface area contributed by atoms with E-state index in [4.69, 9.17) is 5.73 Å². The molecule has 0 aliphatic rings. The zero-order valence-electron chi connectivity index (χ0n) is 13.7. The summed E-state index contributed by atoms with van der Waals surface area (Å²) in [7, 11) is -2.04. The van der Waals surface area contributed by atoms with Gasteiger partial charge in [-0.25, -0.2) is 13.4 Å². The van der Waals surface area contributed by atoms with E-state index in [1.165, 1.54) is 41.8 Å². The van der Waals surface area contributed by atoms with Crippen LogP contribution in [0, 0.1) is 0 Å². The fraction of sp³-hybridized carbons (Fsp3) is 0.250. The molecule has 1 aromatic carbocycles. The van der Waals surface area contributed by atoms with E-state index in [2.05, 4.69) is 10.3 Å². The lowest BCUT2D eigenvalue weighted by molar-refractivity contribution is 0.102. The van der Waals surface area contributed by atoms with Crippen LogP contribution >= 0.6 is 0 Å². The van der Waals surface area contributed by atoms with Crippen LogP contribution in [-0.2, 0) is 10.0 Å². The molecular formula is C16H20N4O3S. The van der Waals surface area contributed by atoms with Crippen molar-refractivity contribution < 1.29 is 13.2 Å². The molecular weight excluding hydrogens is 328 g/mol. The van der Waals surface area contributed by atoms with Gasteiger partial charge in [0.15, 0.2) is 0 Å². The first kappa shape index (κ1) is 17.9. The number of nitrogens with one attached hydrogen (secondary N) is 1. The van der Waals surface area contributed by atoms with Gasteiger partial charge in [-0.05, 0) is 50.2 Å². The van der Waals surface area contributed by atoms with Crippen LogP contribution in [0.4, 0.5) is 11.5 Å². The maximum absolute atomic E-state index is 12.4. The van der Waals surface area contributed by atoms with Crippen molar-refractivity contribution in [2.24, 2.45) is 0 Å². The summed E-state index contributed by atoms with van der Waals surface area (Å²) in [5, 5.41) is 2.67. The number of nitrogen functional groups attached to an aromatic ring is 1. The van der Waals surface area contributed by atoms with E-state index in [-0.39, 0.29) is 16.8 Å². The first-order chi connectivity index (χ1) is 11.2. The first-order valence-electron chi connectivity index (χ1n) is 7.33. The van der Waals surface area contributed by atoms with E-state index >= 15 is 0 Å². The van der Waals surface area contributed by atoms with Crippen molar-refractivity contribution in [1.29, 1.82) is 0 Å². The number of amides is 1. The summed E-state index contributed by atoms with van der Waals surface area (Å²) in [5.41, 5.74) is 6.34. The number of nitrogens with zero attached hydrogens (tertiary/aromatic N) is 2. The minimum atomic E-state index is -3.57. The average Bonchev–Trinajstić information content (AvgIpc) is 2.56. The van der Waals surface area contributed by atoms with Crippen LogP contribution in [0.25, 0.3) is 0 Å². The number of carbonyl (C=O) groups is 1. The smallest absolute Gasteiger partial charge is 0.255 e. The number of hydrogen-bond acceptors (Lipinski definition) is 5. The molecule has 2 aromatic rings. The van der Waals surface area contributed by atoms with Crippen molar-refractivity contribution in [2.75, 3.05) is 18.1 Å². The lowest BCUT2D eigenvalue weighted by atomic mass is 10.2. The van der Waals surface area contributed by atoms with Gasteiger partial charge in [-0.2, -0.15) is 4.31 Å². The summed E-state index contributed by atoms with van der Waals surface area (Å²) in [6.45, 7) is 3.58. The minimum Gasteiger partial charge on any atom is -0.384 e. The SMILES string of the molecule is CC(C)N(C)S(=O)(=O)c1ccc(C(=O)Nc2ccc(N)nc2)cc1. The summed E-state index contributed by atoms with van der Waals surface area (Å²) >= 11 is 0. The Morgan fingerprint density at radius 1 is 1.17 bits per heavy atom. The van der Waals surface area contributed by atoms with Crippen molar-refractivity contribution in [3.05, 3.63) is 48.2 Å². The number of anilines is 2. The van der Waals surface area contributed by atoms with E-state index in [9.17, 15) is 13.2 Å². The van der Waals surface area contributed by atoms with Crippen molar-refractivity contribution in [3.63, 3.8) is 0 Å². The van der Waals surface area contributed by atoms with Gasteiger partial charge in [0.1, 0.15) is 5.82 Å². The molecule has 1 amide bonds. The molecule has 0 spiro atoms. The van der Waals surface area contributed by atoms with Gasteiger partial charge in [-0.15, -0.1) is 0 Å². The maximum atomic E-state index is 12.4. The van der Waals surface area contributed by atoms with Crippen molar-refractivity contribution >= 4 is 27.4 Å². The molecule has 0 radical (unpaired) electrons. The van der Waals surface area contributed by atoms with Gasteiger partial charge in [0.2, 0.25) is 10.0 Å². The summed E-state index contributed by atoms with van der Waals surface area (Å²) in [4.78, 5) is 16.2. The van der Waals surface area contributed by atoms with Crippen LogP contribution in [0.5, 0.6) is 0 Å². The van der Waals surface area contributed by atoms with E-state index in [0.717, 1.165) is 0 Å². The second-order valence-electron chi connectivity index (χ2n) is 5.57. The average molecular weight is 348 g/mol. The molecule has 1 aromatic heterocycles. The fourth-order valence-corrected chi connectivity index (χ4v) is 3.27. The number of pyridine rings is 1. The predicted molar refractivity (Wildman–Crippen MR) is 93.1 cm³/mol. The van der Waals surface area contributed by atoms with Gasteiger partial charge in [0.25, 0.3) is 5.91 Å². The van der Waals surface area contributed by atoms with Crippen LogP contribution < -0.4 is 11.1 Å². The summed E-state index contributed by atoms with van der Waals surface area (Å²) in [6, 6.07) is 8.84. The molecule has 8 heteroatoms. The molecule has 0 aliphatic heterocycles.